The maximum Gasteiger partial charge on any atom is 0.255 e. The lowest BCUT2D eigenvalue weighted by Crippen LogP contribution is -2.29. The Balaban J connectivity index is 1.17. The monoisotopic (exact) mass is 476 g/mol. The number of piperidine rings is 1. The molecule has 5 aromatic rings. The molecular formula is C26H20N8O2. The smallest absolute Gasteiger partial charge is 0.255 e. The van der Waals surface area contributed by atoms with Crippen LogP contribution in [-0.2, 0) is 4.79 Å². The summed E-state index contributed by atoms with van der Waals surface area (Å²) < 4.78 is 7.76. The molecule has 2 atom stereocenters. The first kappa shape index (κ1) is 20.5. The van der Waals surface area contributed by atoms with Gasteiger partial charge in [0, 0.05) is 40.9 Å². The number of aromatic nitrogens is 6. The van der Waals surface area contributed by atoms with Crippen molar-refractivity contribution >= 4 is 39.8 Å². The van der Waals surface area contributed by atoms with Crippen molar-refractivity contribution in [3.63, 3.8) is 0 Å². The fourth-order valence-electron chi connectivity index (χ4n) is 4.72. The van der Waals surface area contributed by atoms with Crippen LogP contribution in [0.1, 0.15) is 12.0 Å². The largest absolute Gasteiger partial charge is 0.457 e. The minimum atomic E-state index is -0.0520. The molecule has 0 spiro atoms. The first-order valence-corrected chi connectivity index (χ1v) is 11.5. The summed E-state index contributed by atoms with van der Waals surface area (Å²) in [5, 5.41) is 8.27. The van der Waals surface area contributed by atoms with Gasteiger partial charge in [-0.15, -0.1) is 0 Å². The highest BCUT2D eigenvalue weighted by atomic mass is 16.5. The summed E-state index contributed by atoms with van der Waals surface area (Å²) in [5.41, 5.74) is 3.87. The lowest BCUT2D eigenvalue weighted by molar-refractivity contribution is -0.114. The van der Waals surface area contributed by atoms with Crippen LogP contribution in [0.2, 0.25) is 0 Å². The highest BCUT2D eigenvalue weighted by molar-refractivity contribution is 6.11. The van der Waals surface area contributed by atoms with Crippen LogP contribution < -0.4 is 15.0 Å². The van der Waals surface area contributed by atoms with Crippen molar-refractivity contribution in [3.8, 4) is 11.5 Å². The molecule has 10 nitrogen and oxygen atoms in total. The number of nitrogens with one attached hydrogen (secondary N) is 1. The van der Waals surface area contributed by atoms with E-state index in [0.29, 0.717) is 34.1 Å². The molecule has 0 radical (unpaired) electrons. The highest BCUT2D eigenvalue weighted by Crippen LogP contribution is 2.49. The summed E-state index contributed by atoms with van der Waals surface area (Å²) in [7, 11) is 0. The van der Waals surface area contributed by atoms with Gasteiger partial charge in [0.2, 0.25) is 0 Å². The van der Waals surface area contributed by atoms with Gasteiger partial charge in [-0.3, -0.25) is 9.69 Å². The van der Waals surface area contributed by atoms with Crippen LogP contribution >= 0.6 is 0 Å². The van der Waals surface area contributed by atoms with Crippen molar-refractivity contribution in [1.82, 2.24) is 29.5 Å². The molecule has 0 unspecified atom stereocenters. The van der Waals surface area contributed by atoms with E-state index in [1.54, 1.807) is 21.8 Å². The first-order valence-electron chi connectivity index (χ1n) is 11.5. The average Bonchev–Trinajstić information content (AvgIpc) is 3.44. The van der Waals surface area contributed by atoms with Gasteiger partial charge in [0.05, 0.1) is 11.7 Å². The molecular weight excluding hydrogens is 456 g/mol. The fourth-order valence-corrected chi connectivity index (χ4v) is 4.72. The number of amides is 1. The van der Waals surface area contributed by atoms with Crippen LogP contribution in [-0.4, -0.2) is 41.5 Å². The number of nitrogens with zero attached hydrogens (tertiary/aromatic N) is 7. The molecule has 10 heteroatoms. The van der Waals surface area contributed by atoms with Gasteiger partial charge in [0.25, 0.3) is 5.91 Å². The molecule has 5 heterocycles. The molecule has 1 N–H and O–H groups in total. The second kappa shape index (κ2) is 7.57. The predicted molar refractivity (Wildman–Crippen MR) is 133 cm³/mol. The van der Waals surface area contributed by atoms with Gasteiger partial charge in [-0.1, -0.05) is 6.58 Å². The van der Waals surface area contributed by atoms with Gasteiger partial charge in [0.15, 0.2) is 5.65 Å². The van der Waals surface area contributed by atoms with Gasteiger partial charge in [-0.05, 0) is 49.2 Å². The van der Waals surface area contributed by atoms with Crippen LogP contribution in [0.25, 0.3) is 16.6 Å². The Bertz CT molecular complexity index is 1710. The number of carbonyl (C=O) groups is 1. The first-order chi connectivity index (χ1) is 17.5. The van der Waals surface area contributed by atoms with E-state index < -0.39 is 0 Å². The minimum Gasteiger partial charge on any atom is -0.457 e. The zero-order valence-electron chi connectivity index (χ0n) is 19.3. The molecule has 2 fully saturated rings. The Kier molecular flexibility index (Phi) is 4.31. The number of aryl methyl sites for hydroxylation is 1. The summed E-state index contributed by atoms with van der Waals surface area (Å²) in [6, 6.07) is 11.5. The number of hydrogen-bond donors (Lipinski definition) is 1. The molecule has 176 valence electrons. The molecule has 4 aromatic heterocycles. The third kappa shape index (κ3) is 3.26. The molecule has 1 amide bonds. The number of anilines is 3. The molecule has 36 heavy (non-hydrogen) atoms. The molecule has 2 aliphatic rings. The van der Waals surface area contributed by atoms with E-state index in [1.165, 1.54) is 12.7 Å². The van der Waals surface area contributed by atoms with Crippen LogP contribution in [0.3, 0.4) is 0 Å². The number of pyridine rings is 2. The van der Waals surface area contributed by atoms with Crippen LogP contribution in [0, 0.1) is 12.8 Å². The van der Waals surface area contributed by atoms with E-state index in [1.807, 2.05) is 43.3 Å². The average molecular weight is 477 g/mol. The number of fused-ring (bicyclic) bond motifs is 3. The summed E-state index contributed by atoms with van der Waals surface area (Å²) in [5.74, 6) is 2.84. The molecule has 1 aliphatic carbocycles. The summed E-state index contributed by atoms with van der Waals surface area (Å²) >= 11 is 0. The Hall–Kier alpha value is -4.86. The van der Waals surface area contributed by atoms with Crippen molar-refractivity contribution in [1.29, 1.82) is 0 Å². The Morgan fingerprint density at radius 2 is 2.00 bits per heavy atom. The zero-order chi connectivity index (χ0) is 24.4. The third-order valence-corrected chi connectivity index (χ3v) is 6.70. The number of carbonyl (C=O) groups excluding carboxylic acids is 1. The maximum atomic E-state index is 12.6. The van der Waals surface area contributed by atoms with E-state index in [-0.39, 0.29) is 17.9 Å². The third-order valence-electron chi connectivity index (χ3n) is 6.70. The summed E-state index contributed by atoms with van der Waals surface area (Å²) in [6.07, 6.45) is 7.43. The topological polar surface area (TPSA) is 110 Å². The molecule has 7 rings (SSSR count). The Morgan fingerprint density at radius 3 is 2.83 bits per heavy atom. The van der Waals surface area contributed by atoms with Gasteiger partial charge in [-0.2, -0.15) is 5.10 Å². The SMILES string of the molecule is C=C1C(=O)N(c2cc3c(Nc4ccc(Oc5ccn6ncnc6c5)c(C)c4)ncnc3cn2)[C@H]2C[C@@H]12. The molecule has 1 aromatic carbocycles. The standard InChI is InChI=1S/C26H20N8O2/c1-14-7-16(3-4-22(14)36-17-5-6-33-23(8-17)29-13-31-33)32-25-19-10-24(27-11-20(19)28-12-30-25)34-21-9-18(21)15(2)26(34)35/h3-8,10-13,18,21H,2,9H2,1H3,(H,28,30,32)/t18-,21-/m0/s1. The van der Waals surface area contributed by atoms with E-state index in [0.717, 1.165) is 28.8 Å². The van der Waals surface area contributed by atoms with Crippen LogP contribution in [0.15, 0.2) is 73.6 Å². The van der Waals surface area contributed by atoms with Gasteiger partial charge in [-0.25, -0.2) is 24.5 Å². The maximum absolute atomic E-state index is 12.6. The molecule has 1 saturated heterocycles. The minimum absolute atomic E-state index is 0.0520. The van der Waals surface area contributed by atoms with Gasteiger partial charge < -0.3 is 10.1 Å². The Labute approximate surface area is 205 Å². The zero-order valence-corrected chi connectivity index (χ0v) is 19.3. The lowest BCUT2D eigenvalue weighted by atomic mass is 10.2. The number of hydrogen-bond acceptors (Lipinski definition) is 8. The van der Waals surface area contributed by atoms with Crippen molar-refractivity contribution in [2.45, 2.75) is 19.4 Å². The fraction of sp³-hybridized carbons (Fsp3) is 0.154. The summed E-state index contributed by atoms with van der Waals surface area (Å²) in [4.78, 5) is 31.9. The van der Waals surface area contributed by atoms with E-state index in [4.69, 9.17) is 4.74 Å². The molecule has 0 bridgehead atoms. The van der Waals surface area contributed by atoms with Crippen molar-refractivity contribution in [3.05, 3.63) is 79.2 Å². The number of benzene rings is 1. The van der Waals surface area contributed by atoms with Gasteiger partial charge >= 0.3 is 0 Å². The van der Waals surface area contributed by atoms with E-state index in [2.05, 4.69) is 36.9 Å². The van der Waals surface area contributed by atoms with E-state index >= 15 is 0 Å². The Morgan fingerprint density at radius 1 is 1.08 bits per heavy atom. The lowest BCUT2D eigenvalue weighted by Gasteiger charge is -2.18. The van der Waals surface area contributed by atoms with Crippen LogP contribution in [0.5, 0.6) is 11.5 Å². The van der Waals surface area contributed by atoms with Crippen molar-refractivity contribution < 1.29 is 9.53 Å². The number of ether oxygens (including phenoxy) is 1. The van der Waals surface area contributed by atoms with Crippen molar-refractivity contribution in [2.75, 3.05) is 10.2 Å². The highest BCUT2D eigenvalue weighted by Gasteiger charge is 2.55. The van der Waals surface area contributed by atoms with Crippen molar-refractivity contribution in [2.24, 2.45) is 5.92 Å². The van der Waals surface area contributed by atoms with Gasteiger partial charge in [0.1, 0.15) is 35.8 Å². The predicted octanol–water partition coefficient (Wildman–Crippen LogP) is 4.20. The van der Waals surface area contributed by atoms with E-state index in [9.17, 15) is 4.79 Å². The molecule has 1 aliphatic heterocycles. The second-order valence-electron chi connectivity index (χ2n) is 9.02. The van der Waals surface area contributed by atoms with Crippen LogP contribution in [0.4, 0.5) is 17.3 Å². The summed E-state index contributed by atoms with van der Waals surface area (Å²) in [6.45, 7) is 5.93. The second-order valence-corrected chi connectivity index (χ2v) is 9.02. The number of rotatable bonds is 5. The quantitative estimate of drug-likeness (QED) is 0.376. The normalized spacial score (nSPS) is 18.6. The molecule has 1 saturated carbocycles.